The van der Waals surface area contributed by atoms with Gasteiger partial charge in [0.15, 0.2) is 0 Å². The summed E-state index contributed by atoms with van der Waals surface area (Å²) in [5.74, 6) is 0.492. The van der Waals surface area contributed by atoms with Crippen LogP contribution in [0.1, 0.15) is 12.9 Å². The van der Waals surface area contributed by atoms with Crippen LogP contribution in [-0.4, -0.2) is 16.7 Å². The van der Waals surface area contributed by atoms with E-state index >= 15 is 0 Å². The first-order valence-corrected chi connectivity index (χ1v) is 6.65. The summed E-state index contributed by atoms with van der Waals surface area (Å²) in [7, 11) is 0. The normalized spacial score (nSPS) is 10.3. The number of rotatable bonds is 5. The lowest BCUT2D eigenvalue weighted by atomic mass is 10.2. The fourth-order valence-corrected chi connectivity index (χ4v) is 2.45. The molecule has 104 valence electrons. The number of nitrogens with zero attached hydrogens (tertiary/aromatic N) is 2. The maximum atomic E-state index is 13.5. The van der Waals surface area contributed by atoms with Crippen LogP contribution >= 0.6 is 23.4 Å². The summed E-state index contributed by atoms with van der Waals surface area (Å²) >= 11 is 7.16. The van der Waals surface area contributed by atoms with Crippen molar-refractivity contribution in [2.45, 2.75) is 17.4 Å². The second-order valence-corrected chi connectivity index (χ2v) is 4.82. The van der Waals surface area contributed by atoms with Gasteiger partial charge < -0.3 is 22.6 Å². The van der Waals surface area contributed by atoms with Crippen molar-refractivity contribution in [1.82, 2.24) is 10.2 Å². The zero-order chi connectivity index (χ0) is 13.0. The maximum Gasteiger partial charge on any atom is 1.00 e. The van der Waals surface area contributed by atoms with Gasteiger partial charge in [-0.15, -0.1) is 10.2 Å². The van der Waals surface area contributed by atoms with Crippen LogP contribution in [0.2, 0.25) is 5.02 Å². The van der Waals surface area contributed by atoms with Gasteiger partial charge in [-0.1, -0.05) is 29.4 Å². The Morgan fingerprint density at radius 3 is 2.89 bits per heavy atom. The number of hydrogen-bond acceptors (Lipinski definition) is 5. The summed E-state index contributed by atoms with van der Waals surface area (Å²) in [5, 5.41) is 8.43. The van der Waals surface area contributed by atoms with E-state index in [1.807, 2.05) is 0 Å². The molecule has 0 bridgehead atoms. The van der Waals surface area contributed by atoms with E-state index in [4.69, 9.17) is 21.8 Å². The highest BCUT2D eigenvalue weighted by Gasteiger charge is 2.11. The molecular weight excluding hydrogens is 312 g/mol. The van der Waals surface area contributed by atoms with Crippen molar-refractivity contribution in [3.8, 4) is 0 Å². The predicted octanol–water partition coefficient (Wildman–Crippen LogP) is -0.228. The molecule has 0 saturated carbocycles. The summed E-state index contributed by atoms with van der Waals surface area (Å²) in [4.78, 5) is 0. The molecule has 0 fully saturated rings. The van der Waals surface area contributed by atoms with Crippen molar-refractivity contribution < 1.29 is 22.6 Å². The van der Waals surface area contributed by atoms with Gasteiger partial charge in [0.05, 0.1) is 0 Å². The monoisotopic (exact) mass is 323 g/mol. The Hall–Kier alpha value is -0.820. The maximum absolute atomic E-state index is 13.5. The molecule has 2 aromatic rings. The van der Waals surface area contributed by atoms with Gasteiger partial charge in [-0.2, -0.15) is 0 Å². The Balaban J connectivity index is 0.00000180. The van der Waals surface area contributed by atoms with Gasteiger partial charge in [-0.05, 0) is 12.1 Å². The lowest BCUT2D eigenvalue weighted by Gasteiger charge is -2.02. The van der Waals surface area contributed by atoms with E-state index < -0.39 is 0 Å². The molecule has 2 N–H and O–H groups in total. The number of thioether (sulfide) groups is 1. The lowest BCUT2D eigenvalue weighted by Crippen LogP contribution is -3.00. The average Bonchev–Trinajstić information content (AvgIpc) is 2.77. The van der Waals surface area contributed by atoms with Gasteiger partial charge >= 0.3 is 1.43 Å². The highest BCUT2D eigenvalue weighted by molar-refractivity contribution is 7.98. The van der Waals surface area contributed by atoms with Crippen molar-refractivity contribution in [2.24, 2.45) is 5.73 Å². The second-order valence-electron chi connectivity index (χ2n) is 3.49. The SMILES string of the molecule is NCCc1nnc(SCc2c(F)cccc2Cl)o1.[Cl-].[H+]. The van der Waals surface area contributed by atoms with E-state index in [1.54, 1.807) is 12.1 Å². The third-order valence-corrected chi connectivity index (χ3v) is 3.41. The minimum absolute atomic E-state index is 0. The van der Waals surface area contributed by atoms with Crippen LogP contribution in [0, 0.1) is 5.82 Å². The van der Waals surface area contributed by atoms with Crippen molar-refractivity contribution in [2.75, 3.05) is 6.54 Å². The first-order chi connectivity index (χ1) is 8.70. The van der Waals surface area contributed by atoms with Crippen LogP contribution in [0.4, 0.5) is 4.39 Å². The van der Waals surface area contributed by atoms with Crippen LogP contribution in [-0.2, 0) is 12.2 Å². The molecule has 2 rings (SSSR count). The predicted molar refractivity (Wildman–Crippen MR) is 69.1 cm³/mol. The number of aromatic nitrogens is 2. The van der Waals surface area contributed by atoms with Crippen LogP contribution in [0.5, 0.6) is 0 Å². The lowest BCUT2D eigenvalue weighted by molar-refractivity contribution is -0.00000497. The summed E-state index contributed by atoms with van der Waals surface area (Å²) in [6.07, 6.45) is 0.536. The molecule has 0 aliphatic carbocycles. The number of hydrogen-bond donors (Lipinski definition) is 1. The van der Waals surface area contributed by atoms with Crippen molar-refractivity contribution in [3.63, 3.8) is 0 Å². The summed E-state index contributed by atoms with van der Waals surface area (Å²) < 4.78 is 18.8. The van der Waals surface area contributed by atoms with Crippen molar-refractivity contribution in [3.05, 3.63) is 40.5 Å². The minimum atomic E-state index is -0.336. The number of halogens is 3. The standard InChI is InChI=1S/C11H11ClFN3OS.ClH/c12-8-2-1-3-9(13)7(8)6-18-11-16-15-10(17-11)4-5-14;/h1-3H,4-6,14H2;1H. The van der Waals surface area contributed by atoms with Crippen LogP contribution < -0.4 is 18.1 Å². The zero-order valence-corrected chi connectivity index (χ0v) is 12.1. The summed E-state index contributed by atoms with van der Waals surface area (Å²) in [6.45, 7) is 0.450. The molecule has 4 nitrogen and oxygen atoms in total. The Labute approximate surface area is 126 Å². The summed E-state index contributed by atoms with van der Waals surface area (Å²) in [5.41, 5.74) is 5.81. The topological polar surface area (TPSA) is 64.9 Å². The second kappa shape index (κ2) is 7.69. The molecule has 0 saturated heterocycles. The van der Waals surface area contributed by atoms with Gasteiger partial charge in [0.25, 0.3) is 5.22 Å². The molecule has 1 heterocycles. The fraction of sp³-hybridized carbons (Fsp3) is 0.273. The Kier molecular flexibility index (Phi) is 6.57. The molecule has 0 aliphatic rings. The quantitative estimate of drug-likeness (QED) is 0.770. The molecule has 19 heavy (non-hydrogen) atoms. The zero-order valence-electron chi connectivity index (χ0n) is 10.8. The van der Waals surface area contributed by atoms with E-state index in [0.29, 0.717) is 40.4 Å². The fourth-order valence-electron chi connectivity index (χ4n) is 1.33. The smallest absolute Gasteiger partial charge is 1.00 e. The van der Waals surface area contributed by atoms with Crippen LogP contribution in [0.3, 0.4) is 0 Å². The van der Waals surface area contributed by atoms with Gasteiger partial charge in [-0.25, -0.2) is 4.39 Å². The minimum Gasteiger partial charge on any atom is -1.00 e. The van der Waals surface area contributed by atoms with Gasteiger partial charge in [0.1, 0.15) is 5.82 Å². The van der Waals surface area contributed by atoms with Crippen molar-refractivity contribution >= 4 is 23.4 Å². The molecule has 1 aromatic heterocycles. The summed E-state index contributed by atoms with van der Waals surface area (Å²) in [6, 6.07) is 4.58. The highest BCUT2D eigenvalue weighted by atomic mass is 35.5. The first-order valence-electron chi connectivity index (χ1n) is 5.29. The van der Waals surface area contributed by atoms with E-state index in [1.165, 1.54) is 17.8 Å². The molecule has 1 aromatic carbocycles. The highest BCUT2D eigenvalue weighted by Crippen LogP contribution is 2.27. The van der Waals surface area contributed by atoms with E-state index in [-0.39, 0.29) is 19.7 Å². The van der Waals surface area contributed by atoms with E-state index in [9.17, 15) is 4.39 Å². The Morgan fingerprint density at radius 2 is 2.21 bits per heavy atom. The molecule has 0 spiro atoms. The van der Waals surface area contributed by atoms with Gasteiger partial charge in [0, 0.05) is 29.3 Å². The third-order valence-electron chi connectivity index (χ3n) is 2.21. The largest absolute Gasteiger partial charge is 1.00 e. The molecule has 0 radical (unpaired) electrons. The first kappa shape index (κ1) is 16.2. The Bertz CT molecular complexity index is 524. The molecule has 0 aliphatic heterocycles. The van der Waals surface area contributed by atoms with Gasteiger partial charge in [0.2, 0.25) is 5.89 Å². The molecule has 0 unspecified atom stereocenters. The van der Waals surface area contributed by atoms with E-state index in [2.05, 4.69) is 10.2 Å². The van der Waals surface area contributed by atoms with Crippen LogP contribution in [0.25, 0.3) is 0 Å². The molecular formula is C11H12Cl2FN3OS. The number of benzene rings is 1. The average molecular weight is 324 g/mol. The van der Waals surface area contributed by atoms with E-state index in [0.717, 1.165) is 0 Å². The van der Waals surface area contributed by atoms with Crippen LogP contribution in [0.15, 0.2) is 27.8 Å². The molecule has 0 atom stereocenters. The van der Waals surface area contributed by atoms with Crippen molar-refractivity contribution in [1.29, 1.82) is 0 Å². The number of nitrogens with two attached hydrogens (primary N) is 1. The molecule has 0 amide bonds. The van der Waals surface area contributed by atoms with Gasteiger partial charge in [-0.3, -0.25) is 0 Å². The Morgan fingerprint density at radius 1 is 1.42 bits per heavy atom. The third kappa shape index (κ3) is 4.35. The molecule has 8 heteroatoms.